The van der Waals surface area contributed by atoms with Crippen molar-refractivity contribution in [3.63, 3.8) is 0 Å². The fourth-order valence-electron chi connectivity index (χ4n) is 0.646. The highest BCUT2D eigenvalue weighted by Gasteiger charge is 2.05. The van der Waals surface area contributed by atoms with E-state index in [1.54, 1.807) is 0 Å². The van der Waals surface area contributed by atoms with Crippen LogP contribution in [0.5, 0.6) is 0 Å². The molecule has 0 aliphatic carbocycles. The van der Waals surface area contributed by atoms with Crippen LogP contribution in [0.15, 0.2) is 10.7 Å². The molecule has 0 saturated heterocycles. The molecular formula is C6H6ClNO3. The van der Waals surface area contributed by atoms with E-state index in [9.17, 15) is 4.79 Å². The van der Waals surface area contributed by atoms with Crippen LogP contribution >= 0.6 is 11.6 Å². The number of hydrogen-bond acceptors (Lipinski definition) is 3. The van der Waals surface area contributed by atoms with E-state index in [-0.39, 0.29) is 12.3 Å². The van der Waals surface area contributed by atoms with E-state index in [0.717, 1.165) is 0 Å². The highest BCUT2D eigenvalue weighted by atomic mass is 35.5. The van der Waals surface area contributed by atoms with Crippen molar-refractivity contribution in [2.24, 2.45) is 0 Å². The van der Waals surface area contributed by atoms with Gasteiger partial charge in [-0.15, -0.1) is 11.6 Å². The standard InChI is InChI=1S/C6H6ClNO3/c7-2-5-8-4(3-11-5)1-6(9)10/h3H,1-2H2,(H,9,10). The first-order valence-corrected chi connectivity index (χ1v) is 3.47. The van der Waals surface area contributed by atoms with Crippen molar-refractivity contribution in [2.75, 3.05) is 0 Å². The van der Waals surface area contributed by atoms with Crippen molar-refractivity contribution in [1.82, 2.24) is 4.98 Å². The molecule has 1 aromatic heterocycles. The third-order valence-electron chi connectivity index (χ3n) is 1.05. The van der Waals surface area contributed by atoms with Crippen LogP contribution in [0.3, 0.4) is 0 Å². The number of aliphatic carboxylic acids is 1. The molecule has 11 heavy (non-hydrogen) atoms. The van der Waals surface area contributed by atoms with E-state index < -0.39 is 5.97 Å². The summed E-state index contributed by atoms with van der Waals surface area (Å²) in [5.74, 6) is -0.415. The Morgan fingerprint density at radius 1 is 1.82 bits per heavy atom. The number of nitrogens with zero attached hydrogens (tertiary/aromatic N) is 1. The first-order chi connectivity index (χ1) is 5.22. The quantitative estimate of drug-likeness (QED) is 0.698. The van der Waals surface area contributed by atoms with Gasteiger partial charge in [0.1, 0.15) is 6.26 Å². The van der Waals surface area contributed by atoms with E-state index in [0.29, 0.717) is 11.6 Å². The second kappa shape index (κ2) is 3.39. The average molecular weight is 176 g/mol. The average Bonchev–Trinajstić information content (AvgIpc) is 2.34. The summed E-state index contributed by atoms with van der Waals surface area (Å²) < 4.78 is 4.81. The van der Waals surface area contributed by atoms with E-state index in [1.165, 1.54) is 6.26 Å². The number of carbonyl (C=O) groups is 1. The number of halogens is 1. The lowest BCUT2D eigenvalue weighted by atomic mass is 10.3. The Kier molecular flexibility index (Phi) is 2.48. The molecule has 0 radical (unpaired) electrons. The van der Waals surface area contributed by atoms with Gasteiger partial charge in [-0.05, 0) is 0 Å². The summed E-state index contributed by atoms with van der Waals surface area (Å²) in [6.45, 7) is 0. The molecule has 0 atom stereocenters. The molecule has 0 aromatic carbocycles. The van der Waals surface area contributed by atoms with Crippen LogP contribution in [0.2, 0.25) is 0 Å². The van der Waals surface area contributed by atoms with Gasteiger partial charge in [0.15, 0.2) is 0 Å². The largest absolute Gasteiger partial charge is 0.481 e. The lowest BCUT2D eigenvalue weighted by Crippen LogP contribution is -1.99. The molecule has 1 heterocycles. The number of carboxylic acids is 1. The third-order valence-corrected chi connectivity index (χ3v) is 1.27. The van der Waals surface area contributed by atoms with Gasteiger partial charge in [0.2, 0.25) is 5.89 Å². The van der Waals surface area contributed by atoms with Crippen molar-refractivity contribution in [3.8, 4) is 0 Å². The summed E-state index contributed by atoms with van der Waals surface area (Å²) >= 11 is 5.37. The third kappa shape index (κ3) is 2.23. The fourth-order valence-corrected chi connectivity index (χ4v) is 0.769. The van der Waals surface area contributed by atoms with Crippen LogP contribution < -0.4 is 0 Å². The minimum atomic E-state index is -0.931. The highest BCUT2D eigenvalue weighted by Crippen LogP contribution is 2.04. The molecule has 4 nitrogen and oxygen atoms in total. The summed E-state index contributed by atoms with van der Waals surface area (Å²) in [5, 5.41) is 8.33. The van der Waals surface area contributed by atoms with Gasteiger partial charge >= 0.3 is 5.97 Å². The van der Waals surface area contributed by atoms with Crippen LogP contribution in [0.25, 0.3) is 0 Å². The maximum absolute atomic E-state index is 10.2. The second-order valence-electron chi connectivity index (χ2n) is 1.94. The Balaban J connectivity index is 2.65. The predicted molar refractivity (Wildman–Crippen MR) is 37.4 cm³/mol. The molecule has 0 aliphatic rings. The molecule has 0 saturated carbocycles. The Bertz CT molecular complexity index is 258. The molecule has 0 aliphatic heterocycles. The lowest BCUT2D eigenvalue weighted by Gasteiger charge is -1.84. The summed E-state index contributed by atoms with van der Waals surface area (Å²) in [6.07, 6.45) is 1.17. The number of hydrogen-bond donors (Lipinski definition) is 1. The zero-order chi connectivity index (χ0) is 8.27. The number of alkyl halides is 1. The molecule has 1 rings (SSSR count). The number of carboxylic acid groups (broad SMARTS) is 1. The van der Waals surface area contributed by atoms with E-state index in [2.05, 4.69) is 4.98 Å². The lowest BCUT2D eigenvalue weighted by molar-refractivity contribution is -0.136. The molecule has 60 valence electrons. The zero-order valence-corrected chi connectivity index (χ0v) is 6.34. The molecule has 0 spiro atoms. The summed E-state index contributed by atoms with van der Waals surface area (Å²) in [4.78, 5) is 13.9. The van der Waals surface area contributed by atoms with Gasteiger partial charge in [0.05, 0.1) is 18.0 Å². The molecule has 0 unspecified atom stereocenters. The van der Waals surface area contributed by atoms with Crippen molar-refractivity contribution in [1.29, 1.82) is 0 Å². The van der Waals surface area contributed by atoms with Crippen molar-refractivity contribution in [3.05, 3.63) is 17.8 Å². The fraction of sp³-hybridized carbons (Fsp3) is 0.333. The van der Waals surface area contributed by atoms with Gasteiger partial charge in [0, 0.05) is 0 Å². The van der Waals surface area contributed by atoms with E-state index in [4.69, 9.17) is 21.1 Å². The van der Waals surface area contributed by atoms with E-state index >= 15 is 0 Å². The van der Waals surface area contributed by atoms with Crippen molar-refractivity contribution >= 4 is 17.6 Å². The SMILES string of the molecule is O=C(O)Cc1coc(CCl)n1. The van der Waals surface area contributed by atoms with Crippen molar-refractivity contribution < 1.29 is 14.3 Å². The Morgan fingerprint density at radius 2 is 2.55 bits per heavy atom. The van der Waals surface area contributed by atoms with Crippen LogP contribution in [-0.2, 0) is 17.1 Å². The smallest absolute Gasteiger partial charge is 0.309 e. The Hall–Kier alpha value is -1.03. The second-order valence-corrected chi connectivity index (χ2v) is 2.20. The minimum Gasteiger partial charge on any atom is -0.481 e. The van der Waals surface area contributed by atoms with Crippen LogP contribution in [0.4, 0.5) is 0 Å². The minimum absolute atomic E-state index is 0.125. The number of rotatable bonds is 3. The van der Waals surface area contributed by atoms with Crippen molar-refractivity contribution in [2.45, 2.75) is 12.3 Å². The van der Waals surface area contributed by atoms with Gasteiger partial charge in [-0.2, -0.15) is 0 Å². The van der Waals surface area contributed by atoms with Gasteiger partial charge in [-0.25, -0.2) is 4.98 Å². The summed E-state index contributed by atoms with van der Waals surface area (Å²) in [5.41, 5.74) is 0.396. The normalized spacial score (nSPS) is 9.91. The molecule has 0 bridgehead atoms. The Morgan fingerprint density at radius 3 is 3.00 bits per heavy atom. The molecule has 0 fully saturated rings. The molecule has 1 N–H and O–H groups in total. The molecular weight excluding hydrogens is 170 g/mol. The first-order valence-electron chi connectivity index (χ1n) is 2.93. The summed E-state index contributed by atoms with van der Waals surface area (Å²) in [6, 6.07) is 0. The number of aromatic nitrogens is 1. The summed E-state index contributed by atoms with van der Waals surface area (Å²) in [7, 11) is 0. The van der Waals surface area contributed by atoms with Crippen LogP contribution in [0.1, 0.15) is 11.6 Å². The van der Waals surface area contributed by atoms with Gasteiger partial charge in [0.25, 0.3) is 0 Å². The van der Waals surface area contributed by atoms with Gasteiger partial charge < -0.3 is 9.52 Å². The highest BCUT2D eigenvalue weighted by molar-refractivity contribution is 6.16. The molecule has 1 aromatic rings. The van der Waals surface area contributed by atoms with E-state index in [1.807, 2.05) is 0 Å². The molecule has 0 amide bonds. The monoisotopic (exact) mass is 175 g/mol. The zero-order valence-electron chi connectivity index (χ0n) is 5.58. The van der Waals surface area contributed by atoms with Gasteiger partial charge in [-0.3, -0.25) is 4.79 Å². The Labute approximate surface area is 67.8 Å². The van der Waals surface area contributed by atoms with Gasteiger partial charge in [-0.1, -0.05) is 0 Å². The maximum Gasteiger partial charge on any atom is 0.309 e. The predicted octanol–water partition coefficient (Wildman–Crippen LogP) is 1.04. The maximum atomic E-state index is 10.2. The first kappa shape index (κ1) is 8.07. The number of oxazole rings is 1. The van der Waals surface area contributed by atoms with Crippen LogP contribution in [0, 0.1) is 0 Å². The van der Waals surface area contributed by atoms with Crippen LogP contribution in [-0.4, -0.2) is 16.1 Å². The molecule has 5 heteroatoms. The topological polar surface area (TPSA) is 63.3 Å².